The second kappa shape index (κ2) is 17.4. The number of H-pyrrole nitrogens is 1. The number of Topliss-reactive ketones (excluding diaryl/α,β-unsaturated/α-hetero) is 1. The summed E-state index contributed by atoms with van der Waals surface area (Å²) in [6.45, 7) is 4.91. The molecule has 4 fully saturated rings. The van der Waals surface area contributed by atoms with E-state index in [-0.39, 0.29) is 52.6 Å². The molecule has 1 spiro atoms. The maximum atomic E-state index is 15.6. The van der Waals surface area contributed by atoms with E-state index in [1.807, 2.05) is 33.9 Å². The molecule has 20 heteroatoms. The summed E-state index contributed by atoms with van der Waals surface area (Å²) < 4.78 is 59.6. The number of aromatic amines is 1. The lowest BCUT2D eigenvalue weighted by molar-refractivity contribution is -0.134. The average Bonchev–Trinajstić information content (AvgIpc) is 3.68. The van der Waals surface area contributed by atoms with Crippen molar-refractivity contribution in [3.8, 4) is 11.1 Å². The summed E-state index contributed by atoms with van der Waals surface area (Å²) in [7, 11) is -4.17. The summed E-state index contributed by atoms with van der Waals surface area (Å²) in [5.74, 6) is -3.44. The van der Waals surface area contributed by atoms with Gasteiger partial charge in [-0.15, -0.1) is 0 Å². The number of hydrogen-bond donors (Lipinski definition) is 6. The number of imide groups is 1. The number of benzene rings is 2. The normalized spacial score (nSPS) is 21.0. The monoisotopic (exact) mass is 895 g/mol. The maximum absolute atomic E-state index is 15.6. The molecule has 5 aromatic rings. The number of ketones is 2. The van der Waals surface area contributed by atoms with Crippen molar-refractivity contribution < 1.29 is 36.4 Å². The molecule has 64 heavy (non-hydrogen) atoms. The smallest absolute Gasteiger partial charge is 0.299 e. The Morgan fingerprint density at radius 2 is 1.73 bits per heavy atom. The Morgan fingerprint density at radius 3 is 2.45 bits per heavy atom. The predicted molar refractivity (Wildman–Crippen MR) is 234 cm³/mol. The van der Waals surface area contributed by atoms with Crippen molar-refractivity contribution in [1.82, 2.24) is 40.2 Å². The number of likely N-dealkylation sites (tertiary alicyclic amines) is 1. The van der Waals surface area contributed by atoms with Crippen LogP contribution in [0.3, 0.4) is 0 Å². The van der Waals surface area contributed by atoms with Gasteiger partial charge in [-0.05, 0) is 68.1 Å². The molecule has 6 N–H and O–H groups in total. The summed E-state index contributed by atoms with van der Waals surface area (Å²) in [6.07, 6.45) is 10.4. The van der Waals surface area contributed by atoms with Gasteiger partial charge in [-0.1, -0.05) is 25.5 Å². The van der Waals surface area contributed by atoms with E-state index >= 15 is 8.78 Å². The van der Waals surface area contributed by atoms with Crippen LogP contribution in [0.4, 0.5) is 26.1 Å². The lowest BCUT2D eigenvalue weighted by Crippen LogP contribution is -2.79. The van der Waals surface area contributed by atoms with E-state index in [9.17, 15) is 27.6 Å². The number of carbonyl (C=O) groups excluding carboxylic acids is 4. The van der Waals surface area contributed by atoms with Crippen molar-refractivity contribution in [2.75, 3.05) is 54.2 Å². The Hall–Kier alpha value is -6.22. The van der Waals surface area contributed by atoms with Crippen LogP contribution in [-0.2, 0) is 24.6 Å². The highest BCUT2D eigenvalue weighted by atomic mass is 32.2. The Labute approximate surface area is 367 Å². The number of halogens is 2. The first kappa shape index (κ1) is 43.1. The van der Waals surface area contributed by atoms with Crippen molar-refractivity contribution in [3.05, 3.63) is 95.6 Å². The van der Waals surface area contributed by atoms with Crippen LogP contribution in [0.5, 0.6) is 0 Å². The van der Waals surface area contributed by atoms with E-state index in [0.717, 1.165) is 49.2 Å². The molecule has 0 radical (unpaired) electrons. The van der Waals surface area contributed by atoms with Crippen LogP contribution in [0, 0.1) is 17.0 Å². The van der Waals surface area contributed by atoms with Gasteiger partial charge in [0, 0.05) is 96.6 Å². The standard InChI is InChI=1S/C44H47F2N11O6S/c1-2-14-52-64(62,63)55-32-11-10-31(45)37(38(32)46)39(60)30-20-48-41-29(30)16-26(17-47-41)27-18-49-43(50-19-27)57-23-44(24-57)22-51-40(44)35(58)21-56-15-4-3-5-34(56)25-6-8-28(9-7-25)53-33-12-13-36(59)54-42(33)61/h6-11,16-20,33-34,40,51-53,55H,2-5,12-15,21-24H2,1H3,(H,47,48)(H,54,59,61). The van der Waals surface area contributed by atoms with Crippen LogP contribution in [0.2, 0.25) is 0 Å². The van der Waals surface area contributed by atoms with Crippen LogP contribution in [0.25, 0.3) is 22.2 Å². The number of carbonyl (C=O) groups is 4. The SMILES string of the molecule is CCCNS(=O)(=O)Nc1ccc(F)c(C(=O)c2c[nH]c3ncc(-c4cnc(N5CC6(CNC6C(=O)CN6CCCCC6c6ccc(NC7CCC(=O)NC7=O)cc6)C5)nc4)cc23)c1F. The lowest BCUT2D eigenvalue weighted by Gasteiger charge is -2.60. The van der Waals surface area contributed by atoms with Crippen molar-refractivity contribution in [3.63, 3.8) is 0 Å². The fourth-order valence-electron chi connectivity index (χ4n) is 9.16. The number of nitrogens with zero attached hydrogens (tertiary/aromatic N) is 5. The third-order valence-electron chi connectivity index (χ3n) is 12.6. The second-order valence-electron chi connectivity index (χ2n) is 17.0. The van der Waals surface area contributed by atoms with Crippen LogP contribution in [-0.4, -0.2) is 108 Å². The zero-order chi connectivity index (χ0) is 44.8. The fourth-order valence-corrected chi connectivity index (χ4v) is 10.1. The number of amides is 2. The quantitative estimate of drug-likeness (QED) is 0.0648. The van der Waals surface area contributed by atoms with Gasteiger partial charge in [0.1, 0.15) is 17.5 Å². The predicted octanol–water partition coefficient (Wildman–Crippen LogP) is 3.98. The van der Waals surface area contributed by atoms with E-state index in [2.05, 4.69) is 45.5 Å². The van der Waals surface area contributed by atoms with Gasteiger partial charge >= 0.3 is 0 Å². The molecule has 9 rings (SSSR count). The van der Waals surface area contributed by atoms with Crippen LogP contribution in [0.15, 0.2) is 67.3 Å². The molecule has 2 amide bonds. The molecular weight excluding hydrogens is 849 g/mol. The molecule has 3 atom stereocenters. The van der Waals surface area contributed by atoms with Gasteiger partial charge in [0.15, 0.2) is 11.6 Å². The molecule has 4 aliphatic heterocycles. The Kier molecular flexibility index (Phi) is 11.7. The summed E-state index contributed by atoms with van der Waals surface area (Å²) in [5, 5.41) is 9.28. The number of fused-ring (bicyclic) bond motifs is 1. The summed E-state index contributed by atoms with van der Waals surface area (Å²) in [6, 6.07) is 10.7. The van der Waals surface area contributed by atoms with Crippen molar-refractivity contribution in [2.45, 2.75) is 63.6 Å². The minimum Gasteiger partial charge on any atom is -0.374 e. The molecule has 0 bridgehead atoms. The molecule has 0 saturated carbocycles. The van der Waals surface area contributed by atoms with Crippen molar-refractivity contribution in [1.29, 1.82) is 0 Å². The number of piperidine rings is 2. The molecule has 17 nitrogen and oxygen atoms in total. The minimum atomic E-state index is -4.17. The highest BCUT2D eigenvalue weighted by Crippen LogP contribution is 2.42. The van der Waals surface area contributed by atoms with Crippen LogP contribution in [0.1, 0.15) is 73.0 Å². The van der Waals surface area contributed by atoms with E-state index < -0.39 is 44.9 Å². The Bertz CT molecular complexity index is 2750. The number of hydrogen-bond acceptors (Lipinski definition) is 13. The Morgan fingerprint density at radius 1 is 0.969 bits per heavy atom. The maximum Gasteiger partial charge on any atom is 0.299 e. The van der Waals surface area contributed by atoms with Gasteiger partial charge in [0.2, 0.25) is 23.5 Å². The first-order valence-corrected chi connectivity index (χ1v) is 22.8. The van der Waals surface area contributed by atoms with Gasteiger partial charge in [0.25, 0.3) is 10.2 Å². The summed E-state index contributed by atoms with van der Waals surface area (Å²) >= 11 is 0. The molecular formula is C44H47F2N11O6S. The zero-order valence-corrected chi connectivity index (χ0v) is 35.7. The highest BCUT2D eigenvalue weighted by Gasteiger charge is 2.58. The first-order valence-electron chi connectivity index (χ1n) is 21.4. The van der Waals surface area contributed by atoms with Gasteiger partial charge in [-0.2, -0.15) is 13.1 Å². The molecule has 334 valence electrons. The summed E-state index contributed by atoms with van der Waals surface area (Å²) in [4.78, 5) is 72.1. The van der Waals surface area contributed by atoms with E-state index in [1.54, 1.807) is 31.6 Å². The fraction of sp³-hybridized carbons (Fsp3) is 0.386. The third-order valence-corrected chi connectivity index (χ3v) is 13.7. The first-order chi connectivity index (χ1) is 30.8. The van der Waals surface area contributed by atoms with Crippen molar-refractivity contribution >= 4 is 61.9 Å². The number of anilines is 3. The van der Waals surface area contributed by atoms with Crippen molar-refractivity contribution in [2.24, 2.45) is 5.41 Å². The largest absolute Gasteiger partial charge is 0.374 e. The number of aromatic nitrogens is 4. The number of pyridine rings is 1. The highest BCUT2D eigenvalue weighted by molar-refractivity contribution is 7.90. The molecule has 4 saturated heterocycles. The molecule has 7 heterocycles. The summed E-state index contributed by atoms with van der Waals surface area (Å²) in [5.41, 5.74) is 1.53. The minimum absolute atomic E-state index is 0.0704. The zero-order valence-electron chi connectivity index (χ0n) is 34.9. The molecule has 3 aromatic heterocycles. The van der Waals surface area contributed by atoms with Gasteiger partial charge < -0.3 is 20.5 Å². The molecule has 2 aromatic carbocycles. The number of rotatable bonds is 15. The van der Waals surface area contributed by atoms with E-state index in [4.69, 9.17) is 0 Å². The average molecular weight is 896 g/mol. The number of nitrogens with one attached hydrogen (secondary N) is 6. The van der Waals surface area contributed by atoms with E-state index in [1.165, 1.54) is 6.20 Å². The van der Waals surface area contributed by atoms with Gasteiger partial charge in [-0.25, -0.2) is 23.7 Å². The lowest BCUT2D eigenvalue weighted by atomic mass is 9.66. The van der Waals surface area contributed by atoms with Crippen LogP contribution < -0.4 is 30.3 Å². The molecule has 4 aliphatic rings. The van der Waals surface area contributed by atoms with Gasteiger partial charge in [0.05, 0.1) is 23.8 Å². The topological polar surface area (TPSA) is 224 Å². The second-order valence-corrected chi connectivity index (χ2v) is 18.5. The molecule has 3 unspecified atom stereocenters. The Balaban J connectivity index is 0.828. The third kappa shape index (κ3) is 8.45. The molecule has 0 aliphatic carbocycles. The van der Waals surface area contributed by atoms with E-state index in [0.29, 0.717) is 68.2 Å². The van der Waals surface area contributed by atoms with Gasteiger partial charge in [-0.3, -0.25) is 34.1 Å². The van der Waals surface area contributed by atoms with Crippen LogP contribution >= 0.6 is 0 Å².